The normalized spacial score (nSPS) is 19.9. The zero-order valence-electron chi connectivity index (χ0n) is 22.5. The van der Waals surface area contributed by atoms with Crippen LogP contribution in [-0.4, -0.2) is 37.9 Å². The van der Waals surface area contributed by atoms with Gasteiger partial charge in [-0.05, 0) is 69.9 Å². The summed E-state index contributed by atoms with van der Waals surface area (Å²) in [7, 11) is 0. The molecule has 6 rings (SSSR count). The van der Waals surface area contributed by atoms with E-state index in [0.29, 0.717) is 23.2 Å². The molecule has 1 aromatic heterocycles. The van der Waals surface area contributed by atoms with Crippen LogP contribution in [0.2, 0.25) is 0 Å². The summed E-state index contributed by atoms with van der Waals surface area (Å²) in [5.74, 6) is 0.363. The lowest BCUT2D eigenvalue weighted by molar-refractivity contribution is 0.0536. The molecule has 3 aliphatic rings. The molecule has 1 saturated heterocycles. The molecule has 0 bridgehead atoms. The van der Waals surface area contributed by atoms with Crippen LogP contribution in [0.3, 0.4) is 0 Å². The standard InChI is InChI=1S/C29H35FN8/c1-17-8-18(2)10-21(9-17)32-28-31-14-20-15-37(16-27(20)33-28)22-6-7-38(29(4,5)13-22)19(3)23-11-25-26(12-24(23)30)35-36-34-25/h8-12,14,22,34-36H,3,6-7,13,15-16H2,1-2,4-5H3,(H,31,32,33). The lowest BCUT2D eigenvalue weighted by atomic mass is 9.85. The number of halogens is 1. The van der Waals surface area contributed by atoms with Crippen molar-refractivity contribution < 1.29 is 4.39 Å². The van der Waals surface area contributed by atoms with E-state index in [1.165, 1.54) is 22.8 Å². The van der Waals surface area contributed by atoms with Crippen LogP contribution in [-0.2, 0) is 13.1 Å². The second-order valence-corrected chi connectivity index (χ2v) is 11.4. The second kappa shape index (κ2) is 9.25. The minimum Gasteiger partial charge on any atom is -0.366 e. The maximum atomic E-state index is 15.0. The molecule has 9 heteroatoms. The highest BCUT2D eigenvalue weighted by molar-refractivity contribution is 5.78. The Kier molecular flexibility index (Phi) is 6.00. The molecule has 8 nitrogen and oxygen atoms in total. The number of hydrogen-bond acceptors (Lipinski definition) is 8. The van der Waals surface area contributed by atoms with Crippen LogP contribution < -0.4 is 21.7 Å². The molecule has 3 aliphatic heterocycles. The topological polar surface area (TPSA) is 80.4 Å². The Labute approximate surface area is 223 Å². The predicted octanol–water partition coefficient (Wildman–Crippen LogP) is 5.46. The average molecular weight is 515 g/mol. The number of hydrogen-bond donors (Lipinski definition) is 4. The summed E-state index contributed by atoms with van der Waals surface area (Å²) in [6, 6.07) is 10.1. The van der Waals surface area contributed by atoms with Crippen molar-refractivity contribution in [3.63, 3.8) is 0 Å². The van der Waals surface area contributed by atoms with Crippen molar-refractivity contribution in [3.8, 4) is 0 Å². The lowest BCUT2D eigenvalue weighted by Gasteiger charge is -2.50. The fraction of sp³-hybridized carbons (Fsp3) is 0.379. The summed E-state index contributed by atoms with van der Waals surface area (Å²) in [4.78, 5) is 14.2. The summed E-state index contributed by atoms with van der Waals surface area (Å²) in [5, 5.41) is 3.38. The number of anilines is 4. The number of nitrogens with zero attached hydrogens (tertiary/aromatic N) is 4. The first-order valence-corrected chi connectivity index (χ1v) is 13.2. The van der Waals surface area contributed by atoms with Crippen LogP contribution in [0.1, 0.15) is 54.6 Å². The van der Waals surface area contributed by atoms with E-state index in [9.17, 15) is 4.39 Å². The van der Waals surface area contributed by atoms with Gasteiger partial charge in [0.15, 0.2) is 0 Å². The Bertz CT molecular complexity index is 1400. The summed E-state index contributed by atoms with van der Waals surface area (Å²) < 4.78 is 15.0. The van der Waals surface area contributed by atoms with Crippen molar-refractivity contribution in [1.82, 2.24) is 25.3 Å². The number of benzene rings is 2. The third-order valence-corrected chi connectivity index (χ3v) is 7.96. The van der Waals surface area contributed by atoms with Gasteiger partial charge in [-0.3, -0.25) is 4.90 Å². The maximum Gasteiger partial charge on any atom is 0.227 e. The van der Waals surface area contributed by atoms with Gasteiger partial charge in [0.2, 0.25) is 5.95 Å². The van der Waals surface area contributed by atoms with Crippen LogP contribution in [0, 0.1) is 19.7 Å². The number of fused-ring (bicyclic) bond motifs is 2. The van der Waals surface area contributed by atoms with E-state index in [-0.39, 0.29) is 11.4 Å². The SMILES string of the molecule is C=C(c1cc2c(cc1F)NNN2)N1CCC(N2Cc3cnc(Nc4cc(C)cc(C)c4)nc3C2)CC1(C)C. The van der Waals surface area contributed by atoms with Crippen molar-refractivity contribution >= 4 is 28.7 Å². The zero-order chi connectivity index (χ0) is 26.6. The number of aromatic nitrogens is 2. The van der Waals surface area contributed by atoms with Crippen LogP contribution >= 0.6 is 0 Å². The molecule has 0 saturated carbocycles. The van der Waals surface area contributed by atoms with E-state index < -0.39 is 0 Å². The van der Waals surface area contributed by atoms with Crippen LogP contribution in [0.4, 0.5) is 27.4 Å². The highest BCUT2D eigenvalue weighted by atomic mass is 19.1. The van der Waals surface area contributed by atoms with Gasteiger partial charge >= 0.3 is 0 Å². The van der Waals surface area contributed by atoms with Gasteiger partial charge in [-0.15, -0.1) is 5.53 Å². The Morgan fingerprint density at radius 1 is 1.08 bits per heavy atom. The molecule has 38 heavy (non-hydrogen) atoms. The van der Waals surface area contributed by atoms with Crippen LogP contribution in [0.25, 0.3) is 5.70 Å². The quantitative estimate of drug-likeness (QED) is 0.357. The van der Waals surface area contributed by atoms with Crippen molar-refractivity contribution in [1.29, 1.82) is 0 Å². The van der Waals surface area contributed by atoms with E-state index >= 15 is 0 Å². The van der Waals surface area contributed by atoms with Crippen molar-refractivity contribution in [3.05, 3.63) is 76.9 Å². The van der Waals surface area contributed by atoms with Crippen molar-refractivity contribution in [2.24, 2.45) is 0 Å². The van der Waals surface area contributed by atoms with Gasteiger partial charge in [0.05, 0.1) is 17.1 Å². The molecule has 0 amide bonds. The maximum absolute atomic E-state index is 15.0. The molecule has 0 spiro atoms. The summed E-state index contributed by atoms with van der Waals surface area (Å²) in [5.41, 5.74) is 17.0. The number of likely N-dealkylation sites (tertiary alicyclic amines) is 1. The Balaban J connectivity index is 1.13. The highest BCUT2D eigenvalue weighted by Gasteiger charge is 2.40. The third kappa shape index (κ3) is 4.56. The second-order valence-electron chi connectivity index (χ2n) is 11.4. The first kappa shape index (κ1) is 24.6. The molecular weight excluding hydrogens is 479 g/mol. The third-order valence-electron chi connectivity index (χ3n) is 7.96. The van der Waals surface area contributed by atoms with Gasteiger partial charge in [-0.25, -0.2) is 14.4 Å². The van der Waals surface area contributed by atoms with E-state index in [1.54, 1.807) is 0 Å². The van der Waals surface area contributed by atoms with Crippen LogP contribution in [0.5, 0.6) is 0 Å². The fourth-order valence-electron chi connectivity index (χ4n) is 6.17. The molecular formula is C29H35FN8. The average Bonchev–Trinajstić information content (AvgIpc) is 3.48. The number of aryl methyl sites for hydroxylation is 2. The molecule has 0 radical (unpaired) electrons. The predicted molar refractivity (Wildman–Crippen MR) is 150 cm³/mol. The molecule has 4 N–H and O–H groups in total. The highest BCUT2D eigenvalue weighted by Crippen LogP contribution is 2.40. The molecule has 4 heterocycles. The fourth-order valence-corrected chi connectivity index (χ4v) is 6.17. The number of hydrazine groups is 2. The van der Waals surface area contributed by atoms with Gasteiger partial charge in [0.25, 0.3) is 0 Å². The van der Waals surface area contributed by atoms with Crippen molar-refractivity contribution in [2.45, 2.75) is 65.2 Å². The van der Waals surface area contributed by atoms with Gasteiger partial charge in [0.1, 0.15) is 5.82 Å². The van der Waals surface area contributed by atoms with Crippen molar-refractivity contribution in [2.75, 3.05) is 22.7 Å². The van der Waals surface area contributed by atoms with E-state index in [1.807, 2.05) is 12.3 Å². The largest absolute Gasteiger partial charge is 0.366 e. The molecule has 3 aromatic rings. The number of rotatable bonds is 5. The molecule has 1 atom stereocenters. The molecule has 198 valence electrons. The molecule has 1 fully saturated rings. The summed E-state index contributed by atoms with van der Waals surface area (Å²) in [6.45, 7) is 15.4. The van der Waals surface area contributed by atoms with Gasteiger partial charge in [-0.2, -0.15) is 0 Å². The smallest absolute Gasteiger partial charge is 0.227 e. The monoisotopic (exact) mass is 514 g/mol. The minimum absolute atomic E-state index is 0.175. The van der Waals surface area contributed by atoms with Gasteiger partial charge in [-0.1, -0.05) is 12.6 Å². The minimum atomic E-state index is -0.275. The molecule has 2 aromatic carbocycles. The van der Waals surface area contributed by atoms with E-state index in [0.717, 1.165) is 55.2 Å². The first-order chi connectivity index (χ1) is 18.2. The molecule has 1 unspecified atom stereocenters. The number of nitrogens with one attached hydrogen (secondary N) is 4. The summed E-state index contributed by atoms with van der Waals surface area (Å²) >= 11 is 0. The Hall–Kier alpha value is -3.69. The summed E-state index contributed by atoms with van der Waals surface area (Å²) in [6.07, 6.45) is 3.89. The zero-order valence-corrected chi connectivity index (χ0v) is 22.5. The van der Waals surface area contributed by atoms with Gasteiger partial charge < -0.3 is 21.1 Å². The molecule has 0 aliphatic carbocycles. The first-order valence-electron chi connectivity index (χ1n) is 13.2. The Morgan fingerprint density at radius 2 is 1.82 bits per heavy atom. The van der Waals surface area contributed by atoms with Gasteiger partial charge in [0, 0.05) is 66.0 Å². The lowest BCUT2D eigenvalue weighted by Crippen LogP contribution is -2.53. The Morgan fingerprint density at radius 3 is 2.55 bits per heavy atom. The van der Waals surface area contributed by atoms with Crippen LogP contribution in [0.15, 0.2) is 43.1 Å². The number of piperidine rings is 1. The van der Waals surface area contributed by atoms with E-state index in [2.05, 4.69) is 89.0 Å². The van der Waals surface area contributed by atoms with E-state index in [4.69, 9.17) is 4.98 Å².